The fourth-order valence-electron chi connectivity index (χ4n) is 1.75. The molecule has 1 aromatic carbocycles. The second kappa shape index (κ2) is 7.09. The first-order valence-corrected chi connectivity index (χ1v) is 6.37. The number of benzene rings is 1. The molecule has 0 fully saturated rings. The zero-order valence-corrected chi connectivity index (χ0v) is 11.5. The van der Waals surface area contributed by atoms with Crippen LogP contribution in [0.15, 0.2) is 18.2 Å². The molecule has 1 atom stereocenters. The van der Waals surface area contributed by atoms with Crippen LogP contribution in [0.25, 0.3) is 0 Å². The Morgan fingerprint density at radius 3 is 2.53 bits per heavy atom. The number of carbonyl (C=O) groups is 1. The van der Waals surface area contributed by atoms with Crippen molar-refractivity contribution in [1.82, 2.24) is 4.90 Å². The summed E-state index contributed by atoms with van der Waals surface area (Å²) in [6.45, 7) is 6.39. The number of hydrogen-bond donors (Lipinski definition) is 1. The van der Waals surface area contributed by atoms with E-state index in [-0.39, 0.29) is 23.8 Å². The highest BCUT2D eigenvalue weighted by Crippen LogP contribution is 2.21. The molecule has 1 N–H and O–H groups in total. The van der Waals surface area contributed by atoms with Crippen LogP contribution in [0.5, 0.6) is 5.75 Å². The Morgan fingerprint density at radius 1 is 1.42 bits per heavy atom. The largest absolute Gasteiger partial charge is 0.484 e. The van der Waals surface area contributed by atoms with E-state index < -0.39 is 11.9 Å². The van der Waals surface area contributed by atoms with Crippen LogP contribution in [0.1, 0.15) is 32.4 Å². The van der Waals surface area contributed by atoms with Crippen molar-refractivity contribution in [3.05, 3.63) is 29.6 Å². The van der Waals surface area contributed by atoms with Gasteiger partial charge in [-0.25, -0.2) is 4.39 Å². The van der Waals surface area contributed by atoms with Crippen LogP contribution in [0.2, 0.25) is 0 Å². The van der Waals surface area contributed by atoms with Gasteiger partial charge < -0.3 is 14.7 Å². The molecule has 0 radical (unpaired) electrons. The molecule has 106 valence electrons. The maximum absolute atomic E-state index is 13.6. The number of hydrogen-bond acceptors (Lipinski definition) is 3. The second-order valence-corrected chi connectivity index (χ2v) is 4.21. The fraction of sp³-hybridized carbons (Fsp3) is 0.500. The molecule has 0 saturated heterocycles. The molecule has 1 rings (SSSR count). The summed E-state index contributed by atoms with van der Waals surface area (Å²) in [6.07, 6.45) is -0.869. The van der Waals surface area contributed by atoms with Gasteiger partial charge >= 0.3 is 0 Å². The van der Waals surface area contributed by atoms with E-state index in [2.05, 4.69) is 0 Å². The average Bonchev–Trinajstić information content (AvgIpc) is 2.37. The lowest BCUT2D eigenvalue weighted by atomic mass is 10.1. The van der Waals surface area contributed by atoms with Gasteiger partial charge in [0.25, 0.3) is 5.91 Å². The van der Waals surface area contributed by atoms with Crippen molar-refractivity contribution >= 4 is 5.91 Å². The lowest BCUT2D eigenvalue weighted by Crippen LogP contribution is -2.34. The first-order chi connectivity index (χ1) is 8.99. The fourth-order valence-corrected chi connectivity index (χ4v) is 1.75. The molecule has 1 unspecified atom stereocenters. The standard InChI is InChI=1S/C14H20FNO3/c1-4-16(5-2)14(18)9-19-11-6-7-12(10(3)17)13(15)8-11/h6-8,10,17H,4-5,9H2,1-3H3. The van der Waals surface area contributed by atoms with Crippen LogP contribution in [0.4, 0.5) is 4.39 Å². The van der Waals surface area contributed by atoms with E-state index in [9.17, 15) is 14.3 Å². The van der Waals surface area contributed by atoms with Crippen LogP contribution in [-0.2, 0) is 4.79 Å². The molecular formula is C14H20FNO3. The van der Waals surface area contributed by atoms with Gasteiger partial charge in [0.15, 0.2) is 6.61 Å². The Labute approximate surface area is 112 Å². The third-order valence-corrected chi connectivity index (χ3v) is 2.90. The summed E-state index contributed by atoms with van der Waals surface area (Å²) in [6, 6.07) is 4.18. The van der Waals surface area contributed by atoms with E-state index in [1.54, 1.807) is 11.0 Å². The maximum Gasteiger partial charge on any atom is 0.260 e. The number of aliphatic hydroxyl groups is 1. The number of aliphatic hydroxyl groups excluding tert-OH is 1. The number of rotatable bonds is 6. The van der Waals surface area contributed by atoms with Gasteiger partial charge in [-0.15, -0.1) is 0 Å². The van der Waals surface area contributed by atoms with Crippen LogP contribution < -0.4 is 4.74 Å². The Balaban J connectivity index is 2.64. The molecule has 0 aliphatic rings. The summed E-state index contributed by atoms with van der Waals surface area (Å²) in [5.41, 5.74) is 0.211. The quantitative estimate of drug-likeness (QED) is 0.860. The van der Waals surface area contributed by atoms with Gasteiger partial charge in [0, 0.05) is 24.7 Å². The Morgan fingerprint density at radius 2 is 2.05 bits per heavy atom. The molecule has 4 nitrogen and oxygen atoms in total. The average molecular weight is 269 g/mol. The summed E-state index contributed by atoms with van der Waals surface area (Å²) < 4.78 is 18.8. The first kappa shape index (κ1) is 15.4. The van der Waals surface area contributed by atoms with Crippen molar-refractivity contribution in [2.45, 2.75) is 26.9 Å². The second-order valence-electron chi connectivity index (χ2n) is 4.21. The van der Waals surface area contributed by atoms with Crippen molar-refractivity contribution in [2.75, 3.05) is 19.7 Å². The third-order valence-electron chi connectivity index (χ3n) is 2.90. The molecule has 1 amide bonds. The van der Waals surface area contributed by atoms with Crippen molar-refractivity contribution < 1.29 is 19.0 Å². The zero-order chi connectivity index (χ0) is 14.4. The van der Waals surface area contributed by atoms with Gasteiger partial charge in [-0.3, -0.25) is 4.79 Å². The Bertz CT molecular complexity index is 431. The Kier molecular flexibility index (Phi) is 5.76. The maximum atomic E-state index is 13.6. The number of halogens is 1. The zero-order valence-electron chi connectivity index (χ0n) is 11.5. The molecular weight excluding hydrogens is 249 g/mol. The topological polar surface area (TPSA) is 49.8 Å². The highest BCUT2D eigenvalue weighted by Gasteiger charge is 2.12. The first-order valence-electron chi connectivity index (χ1n) is 6.37. The number of amides is 1. The van der Waals surface area contributed by atoms with Crippen molar-refractivity contribution in [3.8, 4) is 5.75 Å². The van der Waals surface area contributed by atoms with E-state index in [0.717, 1.165) is 0 Å². The van der Waals surface area contributed by atoms with Gasteiger partial charge in [0.2, 0.25) is 0 Å². The van der Waals surface area contributed by atoms with E-state index in [0.29, 0.717) is 13.1 Å². The molecule has 0 aliphatic heterocycles. The van der Waals surface area contributed by atoms with Crippen LogP contribution in [0.3, 0.4) is 0 Å². The third kappa shape index (κ3) is 4.21. The molecule has 0 spiro atoms. The molecule has 0 saturated carbocycles. The van der Waals surface area contributed by atoms with Crippen molar-refractivity contribution in [3.63, 3.8) is 0 Å². The molecule has 19 heavy (non-hydrogen) atoms. The van der Waals surface area contributed by atoms with Crippen LogP contribution in [-0.4, -0.2) is 35.6 Å². The van der Waals surface area contributed by atoms with Gasteiger partial charge in [-0.05, 0) is 32.9 Å². The molecule has 0 aliphatic carbocycles. The van der Waals surface area contributed by atoms with E-state index in [4.69, 9.17) is 4.74 Å². The number of carbonyl (C=O) groups excluding carboxylic acids is 1. The summed E-state index contributed by atoms with van der Waals surface area (Å²) in [5, 5.41) is 9.31. The van der Waals surface area contributed by atoms with Crippen molar-refractivity contribution in [2.24, 2.45) is 0 Å². The van der Waals surface area contributed by atoms with E-state index in [1.807, 2.05) is 13.8 Å². The minimum absolute atomic E-state index is 0.116. The van der Waals surface area contributed by atoms with E-state index >= 15 is 0 Å². The van der Waals surface area contributed by atoms with E-state index in [1.165, 1.54) is 19.1 Å². The molecule has 1 aromatic rings. The van der Waals surface area contributed by atoms with Crippen LogP contribution in [0, 0.1) is 5.82 Å². The minimum atomic E-state index is -0.869. The van der Waals surface area contributed by atoms with Gasteiger partial charge in [-0.1, -0.05) is 0 Å². The minimum Gasteiger partial charge on any atom is -0.484 e. The highest BCUT2D eigenvalue weighted by atomic mass is 19.1. The predicted octanol–water partition coefficient (Wildman–Crippen LogP) is 2.13. The number of nitrogens with zero attached hydrogens (tertiary/aromatic N) is 1. The predicted molar refractivity (Wildman–Crippen MR) is 70.5 cm³/mol. The summed E-state index contributed by atoms with van der Waals surface area (Å²) in [7, 11) is 0. The Hall–Kier alpha value is -1.62. The summed E-state index contributed by atoms with van der Waals surface area (Å²) >= 11 is 0. The molecule has 5 heteroatoms. The molecule has 0 heterocycles. The lowest BCUT2D eigenvalue weighted by Gasteiger charge is -2.18. The lowest BCUT2D eigenvalue weighted by molar-refractivity contribution is -0.132. The summed E-state index contributed by atoms with van der Waals surface area (Å²) in [5.74, 6) is -0.393. The normalized spacial score (nSPS) is 12.1. The smallest absolute Gasteiger partial charge is 0.260 e. The number of likely N-dealkylation sites (N-methyl/N-ethyl adjacent to an activating group) is 1. The monoisotopic (exact) mass is 269 g/mol. The van der Waals surface area contributed by atoms with Gasteiger partial charge in [0.05, 0.1) is 6.10 Å². The molecule has 0 aromatic heterocycles. The van der Waals surface area contributed by atoms with Crippen molar-refractivity contribution in [1.29, 1.82) is 0 Å². The van der Waals surface area contributed by atoms with Crippen LogP contribution >= 0.6 is 0 Å². The van der Waals surface area contributed by atoms with Gasteiger partial charge in [0.1, 0.15) is 11.6 Å². The molecule has 0 bridgehead atoms. The SMILES string of the molecule is CCN(CC)C(=O)COc1ccc(C(C)O)c(F)c1. The number of ether oxygens (including phenoxy) is 1. The summed E-state index contributed by atoms with van der Waals surface area (Å²) in [4.78, 5) is 13.3. The van der Waals surface area contributed by atoms with Gasteiger partial charge in [-0.2, -0.15) is 0 Å². The highest BCUT2D eigenvalue weighted by molar-refractivity contribution is 5.77.